The molecule has 1 amide bonds. The maximum absolute atomic E-state index is 12.6. The van der Waals surface area contributed by atoms with Crippen LogP contribution in [-0.4, -0.2) is 48.9 Å². The number of carbonyl (C=O) groups excluding carboxylic acids is 1. The highest BCUT2D eigenvalue weighted by Crippen LogP contribution is 2.24. The molecule has 1 fully saturated rings. The molecular formula is C15H21N5O2S. The maximum atomic E-state index is 12.6. The first-order chi connectivity index (χ1) is 11.1. The van der Waals surface area contributed by atoms with E-state index in [4.69, 9.17) is 4.42 Å². The van der Waals surface area contributed by atoms with Crippen LogP contribution in [-0.2, 0) is 11.3 Å². The monoisotopic (exact) mass is 335 g/mol. The van der Waals surface area contributed by atoms with Crippen LogP contribution in [0.1, 0.15) is 38.9 Å². The Labute approximate surface area is 139 Å². The molecule has 1 aliphatic heterocycles. The SMILES string of the molecule is CC1CCCC(C)N1C(=O)CSc1nnnn1Cc1ccco1. The van der Waals surface area contributed by atoms with Gasteiger partial charge in [-0.2, -0.15) is 0 Å². The standard InChI is InChI=1S/C15H21N5O2S/c1-11-5-3-6-12(2)20(11)14(21)10-23-15-16-17-18-19(15)9-13-7-4-8-22-13/h4,7-8,11-12H,3,5-6,9-10H2,1-2H3. The first kappa shape index (κ1) is 16.0. The number of nitrogens with zero attached hydrogens (tertiary/aromatic N) is 5. The van der Waals surface area contributed by atoms with Crippen LogP contribution < -0.4 is 0 Å². The summed E-state index contributed by atoms with van der Waals surface area (Å²) in [7, 11) is 0. The number of carbonyl (C=O) groups is 1. The minimum Gasteiger partial charge on any atom is -0.467 e. The molecule has 0 N–H and O–H groups in total. The van der Waals surface area contributed by atoms with E-state index in [0.29, 0.717) is 29.5 Å². The molecule has 0 saturated carbocycles. The average Bonchev–Trinajstić information content (AvgIpc) is 3.17. The summed E-state index contributed by atoms with van der Waals surface area (Å²) >= 11 is 1.38. The molecular weight excluding hydrogens is 314 g/mol. The van der Waals surface area contributed by atoms with Gasteiger partial charge in [0.15, 0.2) is 0 Å². The lowest BCUT2D eigenvalue weighted by Gasteiger charge is -2.39. The smallest absolute Gasteiger partial charge is 0.233 e. The number of likely N-dealkylation sites (tertiary alicyclic amines) is 1. The fourth-order valence-corrected chi connectivity index (χ4v) is 3.81. The van der Waals surface area contributed by atoms with Gasteiger partial charge in [-0.1, -0.05) is 11.8 Å². The number of aromatic nitrogens is 4. The number of thioether (sulfide) groups is 1. The van der Waals surface area contributed by atoms with Gasteiger partial charge in [-0.15, -0.1) is 5.10 Å². The molecule has 2 atom stereocenters. The molecule has 8 heteroatoms. The first-order valence-corrected chi connectivity index (χ1v) is 8.86. The van der Waals surface area contributed by atoms with Crippen molar-refractivity contribution in [2.75, 3.05) is 5.75 Å². The van der Waals surface area contributed by atoms with E-state index in [1.54, 1.807) is 10.9 Å². The highest BCUT2D eigenvalue weighted by atomic mass is 32.2. The molecule has 2 aromatic rings. The Morgan fingerprint density at radius 3 is 2.87 bits per heavy atom. The normalized spacial score (nSPS) is 21.6. The van der Waals surface area contributed by atoms with E-state index in [2.05, 4.69) is 29.4 Å². The molecule has 0 aliphatic carbocycles. The number of piperidine rings is 1. The van der Waals surface area contributed by atoms with Crippen LogP contribution in [0.5, 0.6) is 0 Å². The third-order valence-electron chi connectivity index (χ3n) is 4.19. The number of furan rings is 1. The van der Waals surface area contributed by atoms with E-state index in [0.717, 1.165) is 18.6 Å². The highest BCUT2D eigenvalue weighted by molar-refractivity contribution is 7.99. The molecule has 124 valence electrons. The molecule has 1 aliphatic rings. The highest BCUT2D eigenvalue weighted by Gasteiger charge is 2.29. The Kier molecular flexibility index (Phi) is 5.00. The third kappa shape index (κ3) is 3.74. The molecule has 3 heterocycles. The van der Waals surface area contributed by atoms with Crippen LogP contribution in [0.2, 0.25) is 0 Å². The second-order valence-corrected chi connectivity index (χ2v) is 6.86. The minimum absolute atomic E-state index is 0.155. The van der Waals surface area contributed by atoms with Crippen LogP contribution in [0.4, 0.5) is 0 Å². The second kappa shape index (κ2) is 7.16. The predicted octanol–water partition coefficient (Wildman–Crippen LogP) is 2.20. The van der Waals surface area contributed by atoms with E-state index in [9.17, 15) is 4.79 Å². The Balaban J connectivity index is 1.60. The summed E-state index contributed by atoms with van der Waals surface area (Å²) in [5.41, 5.74) is 0. The van der Waals surface area contributed by atoms with Gasteiger partial charge in [0.05, 0.1) is 12.0 Å². The average molecular weight is 335 g/mol. The quantitative estimate of drug-likeness (QED) is 0.780. The van der Waals surface area contributed by atoms with Crippen molar-refractivity contribution < 1.29 is 9.21 Å². The number of rotatable bonds is 5. The van der Waals surface area contributed by atoms with Gasteiger partial charge in [0.1, 0.15) is 12.3 Å². The maximum Gasteiger partial charge on any atom is 0.233 e. The van der Waals surface area contributed by atoms with Crippen molar-refractivity contribution in [1.29, 1.82) is 0 Å². The summed E-state index contributed by atoms with van der Waals surface area (Å²) < 4.78 is 6.96. The van der Waals surface area contributed by atoms with Crippen molar-refractivity contribution in [3.05, 3.63) is 24.2 Å². The van der Waals surface area contributed by atoms with Crippen molar-refractivity contribution in [2.24, 2.45) is 0 Å². The zero-order valence-electron chi connectivity index (χ0n) is 13.4. The Hall–Kier alpha value is -1.83. The van der Waals surface area contributed by atoms with Crippen molar-refractivity contribution >= 4 is 17.7 Å². The van der Waals surface area contributed by atoms with Crippen molar-refractivity contribution in [2.45, 2.75) is 56.9 Å². The lowest BCUT2D eigenvalue weighted by molar-refractivity contribution is -0.134. The molecule has 0 aromatic carbocycles. The molecule has 3 rings (SSSR count). The summed E-state index contributed by atoms with van der Waals surface area (Å²) in [6, 6.07) is 4.32. The van der Waals surface area contributed by atoms with Crippen LogP contribution in [0.25, 0.3) is 0 Å². The lowest BCUT2D eigenvalue weighted by atomic mass is 9.98. The summed E-state index contributed by atoms with van der Waals surface area (Å²) in [6.45, 7) is 4.71. The van der Waals surface area contributed by atoms with Crippen LogP contribution in [0.3, 0.4) is 0 Å². The van der Waals surface area contributed by atoms with Crippen molar-refractivity contribution in [1.82, 2.24) is 25.1 Å². The van der Waals surface area contributed by atoms with Crippen LogP contribution in [0.15, 0.2) is 28.0 Å². The topological polar surface area (TPSA) is 77.1 Å². The van der Waals surface area contributed by atoms with Crippen LogP contribution in [0, 0.1) is 0 Å². The Morgan fingerprint density at radius 2 is 2.17 bits per heavy atom. The summed E-state index contributed by atoms with van der Waals surface area (Å²) in [5, 5.41) is 12.3. The Morgan fingerprint density at radius 1 is 1.39 bits per heavy atom. The lowest BCUT2D eigenvalue weighted by Crippen LogP contribution is -2.48. The first-order valence-electron chi connectivity index (χ1n) is 7.87. The van der Waals surface area contributed by atoms with E-state index < -0.39 is 0 Å². The molecule has 23 heavy (non-hydrogen) atoms. The largest absolute Gasteiger partial charge is 0.467 e. The number of tetrazole rings is 1. The Bertz CT molecular complexity index is 632. The fraction of sp³-hybridized carbons (Fsp3) is 0.600. The summed E-state index contributed by atoms with van der Waals surface area (Å²) in [5.74, 6) is 1.29. The van der Waals surface area contributed by atoms with Gasteiger partial charge in [-0.3, -0.25) is 4.79 Å². The van der Waals surface area contributed by atoms with E-state index in [-0.39, 0.29) is 5.91 Å². The third-order valence-corrected chi connectivity index (χ3v) is 5.13. The van der Waals surface area contributed by atoms with Crippen LogP contribution >= 0.6 is 11.8 Å². The summed E-state index contributed by atoms with van der Waals surface area (Å²) in [4.78, 5) is 14.6. The molecule has 2 aromatic heterocycles. The predicted molar refractivity (Wildman–Crippen MR) is 86.0 cm³/mol. The van der Waals surface area contributed by atoms with Gasteiger partial charge >= 0.3 is 0 Å². The molecule has 2 unspecified atom stereocenters. The second-order valence-electron chi connectivity index (χ2n) is 5.92. The zero-order chi connectivity index (χ0) is 16.2. The molecule has 1 saturated heterocycles. The number of hydrogen-bond acceptors (Lipinski definition) is 6. The molecule has 7 nitrogen and oxygen atoms in total. The van der Waals surface area contributed by atoms with Gasteiger partial charge in [0, 0.05) is 12.1 Å². The number of amides is 1. The van der Waals surface area contributed by atoms with Gasteiger partial charge in [0.2, 0.25) is 11.1 Å². The van der Waals surface area contributed by atoms with E-state index in [1.165, 1.54) is 18.2 Å². The molecule has 0 radical (unpaired) electrons. The van der Waals surface area contributed by atoms with Gasteiger partial charge in [-0.25, -0.2) is 4.68 Å². The van der Waals surface area contributed by atoms with Gasteiger partial charge < -0.3 is 9.32 Å². The number of hydrogen-bond donors (Lipinski definition) is 0. The molecule has 0 spiro atoms. The van der Waals surface area contributed by atoms with Crippen molar-refractivity contribution in [3.8, 4) is 0 Å². The molecule has 0 bridgehead atoms. The van der Waals surface area contributed by atoms with Gasteiger partial charge in [0.25, 0.3) is 0 Å². The van der Waals surface area contributed by atoms with Crippen molar-refractivity contribution in [3.63, 3.8) is 0 Å². The summed E-state index contributed by atoms with van der Waals surface area (Å²) in [6.07, 6.45) is 4.98. The fourth-order valence-electron chi connectivity index (χ4n) is 3.06. The zero-order valence-corrected chi connectivity index (χ0v) is 14.2. The minimum atomic E-state index is 0.155. The van der Waals surface area contributed by atoms with E-state index >= 15 is 0 Å². The van der Waals surface area contributed by atoms with E-state index in [1.807, 2.05) is 17.0 Å². The van der Waals surface area contributed by atoms with Gasteiger partial charge in [-0.05, 0) is 55.7 Å².